The maximum Gasteiger partial charge on any atom is 0.335 e. The fraction of sp³-hybridized carbons (Fsp3) is 0.0750. The summed E-state index contributed by atoms with van der Waals surface area (Å²) < 4.78 is 36.5. The van der Waals surface area contributed by atoms with Crippen molar-refractivity contribution in [1.29, 1.82) is 0 Å². The average Bonchev–Trinajstić information content (AvgIpc) is 3.19. The number of phenolic OH excluding ortho intramolecular Hbond substituents is 2. The van der Waals surface area contributed by atoms with Crippen LogP contribution in [0.25, 0.3) is 10.8 Å². The van der Waals surface area contributed by atoms with Crippen LogP contribution in [0.3, 0.4) is 0 Å². The van der Waals surface area contributed by atoms with E-state index in [9.17, 15) is 48.5 Å². The predicted octanol–water partition coefficient (Wildman–Crippen LogP) is 11.5. The smallest absolute Gasteiger partial charge is 0.335 e. The van der Waals surface area contributed by atoms with Gasteiger partial charge in [-0.05, 0) is 84.6 Å². The molecule has 0 heterocycles. The first-order valence-electron chi connectivity index (χ1n) is 17.3. The number of nitrogens with zero attached hydrogens (tertiary/aromatic N) is 6. The van der Waals surface area contributed by atoms with Crippen LogP contribution in [-0.4, -0.2) is 59.0 Å². The molecule has 0 spiro atoms. The number of carboxylic acids is 2. The molecular formula is C40H34CoN8O11S. The number of azo groups is 3. The number of rotatable bonds is 13. The molecule has 0 unspecified atom stereocenters. The van der Waals surface area contributed by atoms with Gasteiger partial charge in [-0.15, -0.1) is 20.5 Å². The molecule has 0 aromatic heterocycles. The van der Waals surface area contributed by atoms with E-state index in [1.165, 1.54) is 38.3 Å². The standard InChI is InChI=1S/C40H34N8O11S.Co/c1-20-11-33(35(59-3)19-29(20)44-43-27-14-23(39(52)53)12-24(15-27)40(54)55)47-45-31-18-34(50)32(17-30(31)41-21(2)49)46-48-37-36(60(56,57)58)16-22-13-26(9-10-28(22)38(37)51)42-25-7-5-4-6-8-25;/h4-19,42,50-51,56-58H,1-3H3,(H,41,49)(H,52,53)(H,54,55);. The molecule has 0 atom stereocenters. The second-order valence-electron chi connectivity index (χ2n) is 12.8. The van der Waals surface area contributed by atoms with Gasteiger partial charge < -0.3 is 49.5 Å². The van der Waals surface area contributed by atoms with Crippen LogP contribution in [0.15, 0.2) is 133 Å². The van der Waals surface area contributed by atoms with E-state index in [4.69, 9.17) is 4.74 Å². The summed E-state index contributed by atoms with van der Waals surface area (Å²) in [5.74, 6) is -4.13. The van der Waals surface area contributed by atoms with Gasteiger partial charge in [-0.2, -0.15) is 10.2 Å². The number of anilines is 3. The fourth-order valence-electron chi connectivity index (χ4n) is 5.69. The third-order valence-electron chi connectivity index (χ3n) is 8.52. The summed E-state index contributed by atoms with van der Waals surface area (Å²) in [6.07, 6.45) is 0. The van der Waals surface area contributed by atoms with Crippen molar-refractivity contribution in [2.24, 2.45) is 30.7 Å². The number of aromatic carboxylic acids is 2. The number of carbonyl (C=O) groups is 3. The number of benzene rings is 6. The van der Waals surface area contributed by atoms with Gasteiger partial charge in [0.15, 0.2) is 5.75 Å². The molecule has 0 fully saturated rings. The molecule has 19 nitrogen and oxygen atoms in total. The number of para-hydroxylation sites is 1. The van der Waals surface area contributed by atoms with E-state index in [-0.39, 0.29) is 73.2 Å². The third kappa shape index (κ3) is 10.7. The minimum absolute atomic E-state index is 0. The molecule has 315 valence electrons. The van der Waals surface area contributed by atoms with Gasteiger partial charge in [-0.1, -0.05) is 18.2 Å². The summed E-state index contributed by atoms with van der Waals surface area (Å²) in [4.78, 5) is 34.6. The van der Waals surface area contributed by atoms with Crippen molar-refractivity contribution in [3.63, 3.8) is 0 Å². The second kappa shape index (κ2) is 18.8. The first-order chi connectivity index (χ1) is 28.5. The Kier molecular flexibility index (Phi) is 13.8. The largest absolute Gasteiger partial charge is 0.506 e. The zero-order valence-electron chi connectivity index (χ0n) is 31.9. The number of ether oxygens (including phenoxy) is 1. The minimum atomic E-state index is -4.48. The Bertz CT molecular complexity index is 2750. The monoisotopic (exact) mass is 893 g/mol. The van der Waals surface area contributed by atoms with Crippen molar-refractivity contribution in [3.05, 3.63) is 114 Å². The van der Waals surface area contributed by atoms with Crippen molar-refractivity contribution < 1.29 is 70.0 Å². The number of aromatic hydroxyl groups is 2. The van der Waals surface area contributed by atoms with Gasteiger partial charge in [0.25, 0.3) is 0 Å². The van der Waals surface area contributed by atoms with Gasteiger partial charge in [0.2, 0.25) is 5.91 Å². The van der Waals surface area contributed by atoms with E-state index in [0.29, 0.717) is 16.6 Å². The number of phenols is 2. The molecule has 21 heteroatoms. The van der Waals surface area contributed by atoms with Crippen molar-refractivity contribution in [2.45, 2.75) is 18.7 Å². The Morgan fingerprint density at radius 3 is 1.93 bits per heavy atom. The Labute approximate surface area is 357 Å². The molecule has 0 aliphatic heterocycles. The summed E-state index contributed by atoms with van der Waals surface area (Å²) in [6.45, 7) is 2.88. The molecule has 0 bridgehead atoms. The van der Waals surface area contributed by atoms with E-state index in [1.807, 2.05) is 30.3 Å². The number of hydrogen-bond acceptors (Lipinski definition) is 16. The summed E-state index contributed by atoms with van der Waals surface area (Å²) in [5, 5.41) is 71.8. The molecule has 0 aliphatic carbocycles. The Morgan fingerprint density at radius 1 is 0.672 bits per heavy atom. The summed E-state index contributed by atoms with van der Waals surface area (Å²) >= 11 is 0. The van der Waals surface area contributed by atoms with Crippen LogP contribution >= 0.6 is 10.9 Å². The minimum Gasteiger partial charge on any atom is -0.506 e. The molecule has 61 heavy (non-hydrogen) atoms. The first kappa shape index (κ1) is 44.8. The zero-order chi connectivity index (χ0) is 43.3. The van der Waals surface area contributed by atoms with Crippen LogP contribution in [0.5, 0.6) is 17.2 Å². The van der Waals surface area contributed by atoms with E-state index in [0.717, 1.165) is 30.0 Å². The molecule has 6 aromatic carbocycles. The number of methoxy groups -OCH3 is 1. The molecule has 1 amide bonds. The van der Waals surface area contributed by atoms with E-state index in [2.05, 4.69) is 41.3 Å². The maximum atomic E-state index is 12.2. The fourth-order valence-corrected chi connectivity index (χ4v) is 6.37. The summed E-state index contributed by atoms with van der Waals surface area (Å²) in [6, 6.07) is 24.0. The third-order valence-corrected chi connectivity index (χ3v) is 9.42. The SMILES string of the molecule is COc1cc(N=Nc2cc(C(=O)O)cc(C(=O)O)c2)c(C)cc1N=Nc1cc(O)c(N=Nc2c(S(O)(O)O)cc3cc(Nc4ccccc4)ccc3c2O)cc1NC(C)=O.[Co]. The number of nitrogens with one attached hydrogen (secondary N) is 2. The Hall–Kier alpha value is -7.27. The number of fused-ring (bicyclic) bond motifs is 1. The Balaban J connectivity index is 0.00000704. The van der Waals surface area contributed by atoms with Gasteiger partial charge >= 0.3 is 11.9 Å². The molecule has 1 radical (unpaired) electrons. The molecule has 0 aliphatic rings. The van der Waals surface area contributed by atoms with Crippen LogP contribution in [-0.2, 0) is 21.6 Å². The van der Waals surface area contributed by atoms with Crippen molar-refractivity contribution in [1.82, 2.24) is 0 Å². The van der Waals surface area contributed by atoms with Gasteiger partial charge in [-0.3, -0.25) is 4.79 Å². The Morgan fingerprint density at radius 2 is 1.31 bits per heavy atom. The number of carboxylic acid groups (broad SMARTS) is 2. The number of amides is 1. The average molecular weight is 894 g/mol. The van der Waals surface area contributed by atoms with Gasteiger partial charge in [-0.25, -0.2) is 9.59 Å². The zero-order valence-corrected chi connectivity index (χ0v) is 33.8. The first-order valence-corrected chi connectivity index (χ1v) is 18.8. The number of hydrogen-bond donors (Lipinski definition) is 9. The normalized spacial score (nSPS) is 11.8. The van der Waals surface area contributed by atoms with Crippen molar-refractivity contribution in [2.75, 3.05) is 17.7 Å². The van der Waals surface area contributed by atoms with Gasteiger partial charge in [0.1, 0.15) is 45.1 Å². The van der Waals surface area contributed by atoms with Crippen molar-refractivity contribution in [3.8, 4) is 17.2 Å². The molecule has 0 saturated carbocycles. The molecule has 0 saturated heterocycles. The van der Waals surface area contributed by atoms with Crippen molar-refractivity contribution >= 4 is 90.7 Å². The number of aryl methyl sites for hydroxylation is 1. The van der Waals surface area contributed by atoms with Crippen LogP contribution in [0.4, 0.5) is 51.2 Å². The van der Waals surface area contributed by atoms with Crippen LogP contribution in [0.1, 0.15) is 33.2 Å². The van der Waals surface area contributed by atoms with Crippen LogP contribution < -0.4 is 15.4 Å². The van der Waals surface area contributed by atoms with Gasteiger partial charge in [0, 0.05) is 52.6 Å². The predicted molar refractivity (Wildman–Crippen MR) is 222 cm³/mol. The molecular weight excluding hydrogens is 859 g/mol. The van der Waals surface area contributed by atoms with E-state index < -0.39 is 50.8 Å². The van der Waals surface area contributed by atoms with Crippen LogP contribution in [0.2, 0.25) is 0 Å². The topological polar surface area (TPSA) is 300 Å². The van der Waals surface area contributed by atoms with E-state index >= 15 is 0 Å². The van der Waals surface area contributed by atoms with Crippen LogP contribution in [0, 0.1) is 6.92 Å². The molecule has 9 N–H and O–H groups in total. The van der Waals surface area contributed by atoms with E-state index in [1.54, 1.807) is 25.1 Å². The summed E-state index contributed by atoms with van der Waals surface area (Å²) in [5.41, 5.74) is 0.933. The van der Waals surface area contributed by atoms with Gasteiger partial charge in [0.05, 0.1) is 40.2 Å². The molecule has 6 rings (SSSR count). The second-order valence-corrected chi connectivity index (χ2v) is 14.3. The summed E-state index contributed by atoms with van der Waals surface area (Å²) in [7, 11) is -3.13. The quantitative estimate of drug-likeness (QED) is 0.0386. The number of carbonyl (C=O) groups excluding carboxylic acids is 1. The molecule has 6 aromatic rings. The maximum absolute atomic E-state index is 12.2.